The molecular weight excluding hydrogens is 606 g/mol. The highest BCUT2D eigenvalue weighted by Gasteiger charge is 2.20. The first kappa shape index (κ1) is 48.1. The number of carbonyl (C=O) groups is 1. The van der Waals surface area contributed by atoms with Crippen LogP contribution in [-0.4, -0.2) is 46.1 Å². The number of nitrogens with one attached hydrogen (secondary N) is 1. The van der Waals surface area contributed by atoms with Crippen LogP contribution in [0.1, 0.15) is 239 Å². The van der Waals surface area contributed by atoms with Crippen LogP contribution in [0.25, 0.3) is 0 Å². The average Bonchev–Trinajstić information content (AvgIpc) is 3.09. The molecule has 0 aliphatic rings. The third kappa shape index (κ3) is 36.7. The van der Waals surface area contributed by atoms with Gasteiger partial charge in [0.25, 0.3) is 0 Å². The molecule has 3 atom stereocenters. The Morgan fingerprint density at radius 3 is 1.18 bits per heavy atom. The highest BCUT2D eigenvalue weighted by Crippen LogP contribution is 2.16. The van der Waals surface area contributed by atoms with Gasteiger partial charge in [0.2, 0.25) is 5.91 Å². The number of allylic oxidation sites excluding steroid dienone is 1. The molecule has 49 heavy (non-hydrogen) atoms. The molecule has 0 heterocycles. The lowest BCUT2D eigenvalue weighted by Crippen LogP contribution is -2.45. The average molecular weight is 694 g/mol. The fraction of sp³-hybridized carbons (Fsp3) is 0.932. The van der Waals surface area contributed by atoms with E-state index in [1.54, 1.807) is 6.08 Å². The summed E-state index contributed by atoms with van der Waals surface area (Å²) in [5, 5.41) is 33.2. The van der Waals surface area contributed by atoms with E-state index in [0.717, 1.165) is 25.7 Å². The second-order valence-electron chi connectivity index (χ2n) is 15.3. The molecule has 0 aliphatic heterocycles. The molecule has 0 aromatic heterocycles. The summed E-state index contributed by atoms with van der Waals surface area (Å²) in [6.07, 6.45) is 46.3. The van der Waals surface area contributed by atoms with E-state index in [0.29, 0.717) is 6.42 Å². The van der Waals surface area contributed by atoms with E-state index in [9.17, 15) is 20.1 Å². The Morgan fingerprint density at radius 2 is 0.837 bits per heavy atom. The number of unbranched alkanes of at least 4 members (excludes halogenated alkanes) is 31. The van der Waals surface area contributed by atoms with E-state index >= 15 is 0 Å². The first-order chi connectivity index (χ1) is 24.0. The summed E-state index contributed by atoms with van der Waals surface area (Å²) in [7, 11) is 0. The van der Waals surface area contributed by atoms with Gasteiger partial charge in [-0.25, -0.2) is 0 Å². The van der Waals surface area contributed by atoms with E-state index in [1.165, 1.54) is 186 Å². The summed E-state index contributed by atoms with van der Waals surface area (Å²) in [6, 6.07) is -0.739. The van der Waals surface area contributed by atoms with Crippen molar-refractivity contribution in [2.45, 2.75) is 257 Å². The van der Waals surface area contributed by atoms with Gasteiger partial charge in [0, 0.05) is 0 Å². The summed E-state index contributed by atoms with van der Waals surface area (Å²) in [5.41, 5.74) is 0. The molecule has 0 aromatic carbocycles. The summed E-state index contributed by atoms with van der Waals surface area (Å²) in [5.74, 6) is -0.312. The van der Waals surface area contributed by atoms with Gasteiger partial charge in [0.05, 0.1) is 31.3 Å². The largest absolute Gasteiger partial charge is 0.394 e. The van der Waals surface area contributed by atoms with E-state index in [-0.39, 0.29) is 18.9 Å². The fourth-order valence-electron chi connectivity index (χ4n) is 6.93. The van der Waals surface area contributed by atoms with Crippen molar-refractivity contribution in [1.82, 2.24) is 5.32 Å². The summed E-state index contributed by atoms with van der Waals surface area (Å²) < 4.78 is 0. The normalized spacial score (nSPS) is 13.7. The van der Waals surface area contributed by atoms with Crippen LogP contribution < -0.4 is 5.32 Å². The van der Waals surface area contributed by atoms with Crippen LogP contribution >= 0.6 is 0 Å². The van der Waals surface area contributed by atoms with E-state index in [1.807, 2.05) is 6.08 Å². The van der Waals surface area contributed by atoms with Crippen molar-refractivity contribution in [3.63, 3.8) is 0 Å². The Morgan fingerprint density at radius 1 is 0.510 bits per heavy atom. The van der Waals surface area contributed by atoms with Crippen molar-refractivity contribution < 1.29 is 20.1 Å². The number of carbonyl (C=O) groups excluding carboxylic acids is 1. The zero-order valence-corrected chi connectivity index (χ0v) is 33.1. The van der Waals surface area contributed by atoms with E-state index in [4.69, 9.17) is 0 Å². The van der Waals surface area contributed by atoms with Crippen molar-refractivity contribution in [2.75, 3.05) is 6.61 Å². The van der Waals surface area contributed by atoms with Crippen LogP contribution in [0.4, 0.5) is 0 Å². The predicted molar refractivity (Wildman–Crippen MR) is 213 cm³/mol. The molecule has 0 radical (unpaired) electrons. The molecule has 0 rings (SSSR count). The lowest BCUT2D eigenvalue weighted by Gasteiger charge is -2.21. The predicted octanol–water partition coefficient (Wildman–Crippen LogP) is 12.4. The highest BCUT2D eigenvalue weighted by molar-refractivity contribution is 5.76. The van der Waals surface area contributed by atoms with E-state index < -0.39 is 18.2 Å². The first-order valence-corrected chi connectivity index (χ1v) is 22.0. The van der Waals surface area contributed by atoms with Crippen molar-refractivity contribution in [3.05, 3.63) is 12.2 Å². The molecule has 1 amide bonds. The van der Waals surface area contributed by atoms with Crippen LogP contribution in [0, 0.1) is 0 Å². The maximum atomic E-state index is 12.4. The van der Waals surface area contributed by atoms with Gasteiger partial charge in [-0.15, -0.1) is 0 Å². The molecule has 0 aliphatic carbocycles. The molecule has 0 saturated heterocycles. The molecule has 0 spiro atoms. The summed E-state index contributed by atoms with van der Waals surface area (Å²) in [6.45, 7) is 4.23. The van der Waals surface area contributed by atoms with Crippen LogP contribution in [0.15, 0.2) is 12.2 Å². The first-order valence-electron chi connectivity index (χ1n) is 22.0. The third-order valence-electron chi connectivity index (χ3n) is 10.3. The number of aliphatic hydroxyl groups is 3. The molecular formula is C44H87NO4. The van der Waals surface area contributed by atoms with Crippen LogP contribution in [0.3, 0.4) is 0 Å². The molecule has 5 heteroatoms. The Balaban J connectivity index is 3.64. The smallest absolute Gasteiger partial charge is 0.222 e. The second-order valence-corrected chi connectivity index (χ2v) is 15.3. The molecule has 0 bridgehead atoms. The quantitative estimate of drug-likeness (QED) is 0.0380. The molecule has 0 aromatic rings. The molecule has 4 N–H and O–H groups in total. The van der Waals surface area contributed by atoms with Gasteiger partial charge in [-0.05, 0) is 19.3 Å². The number of aliphatic hydroxyl groups excluding tert-OH is 3. The van der Waals surface area contributed by atoms with Gasteiger partial charge in [-0.3, -0.25) is 4.79 Å². The van der Waals surface area contributed by atoms with Crippen LogP contribution in [0.5, 0.6) is 0 Å². The maximum Gasteiger partial charge on any atom is 0.222 e. The van der Waals surface area contributed by atoms with Gasteiger partial charge < -0.3 is 20.6 Å². The van der Waals surface area contributed by atoms with Gasteiger partial charge in [-0.1, -0.05) is 225 Å². The maximum absolute atomic E-state index is 12.4. The third-order valence-corrected chi connectivity index (χ3v) is 10.3. The summed E-state index contributed by atoms with van der Waals surface area (Å²) >= 11 is 0. The molecule has 5 nitrogen and oxygen atoms in total. The number of amides is 1. The van der Waals surface area contributed by atoms with Gasteiger partial charge >= 0.3 is 0 Å². The van der Waals surface area contributed by atoms with Crippen molar-refractivity contribution in [1.29, 1.82) is 0 Å². The fourth-order valence-corrected chi connectivity index (χ4v) is 6.93. The van der Waals surface area contributed by atoms with Gasteiger partial charge in [0.15, 0.2) is 0 Å². The molecule has 292 valence electrons. The zero-order chi connectivity index (χ0) is 35.9. The number of rotatable bonds is 40. The molecule has 3 unspecified atom stereocenters. The minimum Gasteiger partial charge on any atom is -0.394 e. The Labute approximate surface area is 306 Å². The lowest BCUT2D eigenvalue weighted by molar-refractivity contribution is -0.124. The molecule has 0 saturated carbocycles. The molecule has 0 fully saturated rings. The Hall–Kier alpha value is -0.910. The zero-order valence-electron chi connectivity index (χ0n) is 33.1. The van der Waals surface area contributed by atoms with Crippen molar-refractivity contribution in [3.8, 4) is 0 Å². The second kappa shape index (κ2) is 39.9. The van der Waals surface area contributed by atoms with Crippen LogP contribution in [-0.2, 0) is 4.79 Å². The lowest BCUT2D eigenvalue weighted by atomic mass is 10.0. The van der Waals surface area contributed by atoms with Gasteiger partial charge in [-0.2, -0.15) is 0 Å². The standard InChI is InChI=1S/C44H87NO4/c1-3-5-7-9-11-13-15-17-19-21-22-24-26-28-30-32-34-36-38-43(48)42(40-46)45-44(49)39-41(47)37-35-33-31-29-27-25-23-20-18-16-14-12-10-8-6-4-2/h36,38,41-43,46-48H,3-35,37,39-40H2,1-2H3,(H,45,49)/b38-36+. The van der Waals surface area contributed by atoms with Crippen LogP contribution in [0.2, 0.25) is 0 Å². The Bertz CT molecular complexity index is 684. The topological polar surface area (TPSA) is 89.8 Å². The van der Waals surface area contributed by atoms with Gasteiger partial charge in [0.1, 0.15) is 0 Å². The highest BCUT2D eigenvalue weighted by atomic mass is 16.3. The monoisotopic (exact) mass is 694 g/mol. The summed E-state index contributed by atoms with van der Waals surface area (Å²) in [4.78, 5) is 12.4. The minimum atomic E-state index is -0.924. The van der Waals surface area contributed by atoms with Crippen molar-refractivity contribution in [2.24, 2.45) is 0 Å². The Kier molecular flexibility index (Phi) is 39.1. The minimum absolute atomic E-state index is 0.0187. The SMILES string of the molecule is CCCCCCCCCCCCCCCCCC/C=C/C(O)C(CO)NC(=O)CC(O)CCCCCCCCCCCCCCCCCC. The van der Waals surface area contributed by atoms with Crippen molar-refractivity contribution >= 4 is 5.91 Å². The number of hydrogen-bond acceptors (Lipinski definition) is 4. The number of hydrogen-bond donors (Lipinski definition) is 4. The van der Waals surface area contributed by atoms with E-state index in [2.05, 4.69) is 19.2 Å².